The summed E-state index contributed by atoms with van der Waals surface area (Å²) in [5.74, 6) is 0.138. The minimum atomic E-state index is -0.166. The van der Waals surface area contributed by atoms with Gasteiger partial charge in [0.2, 0.25) is 0 Å². The normalized spacial score (nSPS) is 10.1. The van der Waals surface area contributed by atoms with Gasteiger partial charge in [0.1, 0.15) is 0 Å². The van der Waals surface area contributed by atoms with Crippen molar-refractivity contribution in [3.63, 3.8) is 0 Å². The fourth-order valence-corrected chi connectivity index (χ4v) is 3.74. The van der Waals surface area contributed by atoms with Crippen LogP contribution in [0.5, 0.6) is 0 Å². The van der Waals surface area contributed by atoms with E-state index in [1.54, 1.807) is 6.92 Å². The predicted molar refractivity (Wildman–Crippen MR) is 60.3 cm³/mol. The third-order valence-corrected chi connectivity index (χ3v) is 4.82. The maximum atomic E-state index is 11.3. The second-order valence-electron chi connectivity index (χ2n) is 3.46. The lowest BCUT2D eigenvalue weighted by atomic mass is 10.2. The van der Waals surface area contributed by atoms with Gasteiger partial charge in [-0.2, -0.15) is 0 Å². The highest BCUT2D eigenvalue weighted by Crippen LogP contribution is 1.98. The van der Waals surface area contributed by atoms with Gasteiger partial charge in [0.15, 0.2) is 12.9 Å². The minimum absolute atomic E-state index is 0.138. The quantitative estimate of drug-likeness (QED) is 0.575. The molecule has 0 saturated heterocycles. The van der Waals surface area contributed by atoms with Crippen LogP contribution in [0.25, 0.3) is 0 Å². The third-order valence-electron chi connectivity index (χ3n) is 2.18. The number of benzene rings is 2. The van der Waals surface area contributed by atoms with E-state index in [4.69, 9.17) is 0 Å². The number of hydrogen-bond acceptors (Lipinski definition) is 1. The van der Waals surface area contributed by atoms with Crippen LogP contribution in [-0.2, 0) is 0 Å². The molecule has 0 aliphatic heterocycles. The number of rotatable bonds is 3. The van der Waals surface area contributed by atoms with Crippen LogP contribution >= 0.6 is 0 Å². The molecule has 0 N–H and O–H groups in total. The molecule has 0 amide bonds. The van der Waals surface area contributed by atoms with Gasteiger partial charge in [0, 0.05) is 11.6 Å². The number of hydrogen-bond donors (Lipinski definition) is 0. The van der Waals surface area contributed by atoms with Crippen LogP contribution in [0.15, 0.2) is 54.6 Å². The van der Waals surface area contributed by atoms with Gasteiger partial charge in [-0.05, 0) is 25.1 Å². The number of halogens is 1. The van der Waals surface area contributed by atoms with Gasteiger partial charge in [-0.15, -0.1) is 0 Å². The maximum Gasteiger partial charge on any atom is 0.357 e. The fourth-order valence-electron chi connectivity index (χ4n) is 1.37. The zero-order chi connectivity index (χ0) is 11.4. The van der Waals surface area contributed by atoms with Gasteiger partial charge in [-0.1, -0.05) is 30.3 Å². The van der Waals surface area contributed by atoms with Gasteiger partial charge in [-0.25, -0.2) is 0 Å². The molecule has 1 nitrogen and oxygen atoms in total. The van der Waals surface area contributed by atoms with Crippen molar-refractivity contribution in [3.8, 4) is 0 Å². The Morgan fingerprint density at radius 3 is 2.31 bits per heavy atom. The Kier molecular flexibility index (Phi) is 3.72. The molecule has 0 spiro atoms. The molecule has 0 heterocycles. The zero-order valence-corrected chi connectivity index (χ0v) is 11.1. The third kappa shape index (κ3) is 2.92. The molecule has 0 aliphatic rings. The van der Waals surface area contributed by atoms with Crippen molar-refractivity contribution in [1.82, 2.24) is 0 Å². The molecule has 0 radical (unpaired) electrons. The van der Waals surface area contributed by atoms with Crippen LogP contribution in [0.2, 0.25) is 0 Å². The van der Waals surface area contributed by atoms with Crippen LogP contribution < -0.4 is 21.2 Å². The highest BCUT2D eigenvalue weighted by Gasteiger charge is 2.15. The second-order valence-corrected chi connectivity index (χ2v) is 6.49. The molecule has 0 aliphatic carbocycles. The SMILES string of the molecule is CC(=O)c1cccc([I+]c2ccccc2)c1. The lowest BCUT2D eigenvalue weighted by molar-refractivity contribution is -0.597. The number of Topliss-reactive ketones (excluding diaryl/α,β-unsaturated/α-hetero) is 1. The van der Waals surface area contributed by atoms with Crippen LogP contribution in [0.4, 0.5) is 0 Å². The lowest BCUT2D eigenvalue weighted by Crippen LogP contribution is -3.61. The first-order chi connectivity index (χ1) is 7.75. The van der Waals surface area contributed by atoms with Crippen molar-refractivity contribution in [1.29, 1.82) is 0 Å². The molecule has 80 valence electrons. The lowest BCUT2D eigenvalue weighted by Gasteiger charge is -1.92. The summed E-state index contributed by atoms with van der Waals surface area (Å²) in [4.78, 5) is 11.3. The molecule has 2 rings (SSSR count). The Hall–Kier alpha value is -1.16. The van der Waals surface area contributed by atoms with Gasteiger partial charge >= 0.3 is 21.2 Å². The maximum absolute atomic E-state index is 11.3. The summed E-state index contributed by atoms with van der Waals surface area (Å²) in [6, 6.07) is 18.4. The van der Waals surface area contributed by atoms with Crippen molar-refractivity contribution in [2.45, 2.75) is 6.92 Å². The largest absolute Gasteiger partial charge is 0.357 e. The smallest absolute Gasteiger partial charge is 0.295 e. The highest BCUT2D eigenvalue weighted by molar-refractivity contribution is 5.93. The predicted octanol–water partition coefficient (Wildman–Crippen LogP) is 0.0176. The van der Waals surface area contributed by atoms with Gasteiger partial charge in [-0.3, -0.25) is 4.79 Å². The van der Waals surface area contributed by atoms with Crippen molar-refractivity contribution in [2.75, 3.05) is 0 Å². The standard InChI is InChI=1S/C14H12IO/c1-11(16)12-6-5-9-14(10-12)15-13-7-3-2-4-8-13/h2-10H,1H3/q+1. The van der Waals surface area contributed by atoms with Gasteiger partial charge in [0.25, 0.3) is 0 Å². The Labute approximate surface area is 106 Å². The van der Waals surface area contributed by atoms with Crippen molar-refractivity contribution >= 4 is 5.78 Å². The summed E-state index contributed by atoms with van der Waals surface area (Å²) in [5.41, 5.74) is 0.813. The fraction of sp³-hybridized carbons (Fsp3) is 0.0714. The zero-order valence-electron chi connectivity index (χ0n) is 8.98. The molecular formula is C14H12IO+. The van der Waals surface area contributed by atoms with Crippen LogP contribution in [-0.4, -0.2) is 5.78 Å². The van der Waals surface area contributed by atoms with Crippen LogP contribution in [0, 0.1) is 7.14 Å². The summed E-state index contributed by atoms with van der Waals surface area (Å²) in [7, 11) is 0. The van der Waals surface area contributed by atoms with E-state index in [1.165, 1.54) is 7.14 Å². The van der Waals surface area contributed by atoms with E-state index in [9.17, 15) is 4.79 Å². The molecule has 2 aromatic carbocycles. The van der Waals surface area contributed by atoms with E-state index >= 15 is 0 Å². The van der Waals surface area contributed by atoms with E-state index in [2.05, 4.69) is 30.3 Å². The summed E-state index contributed by atoms with van der Waals surface area (Å²) in [6.07, 6.45) is 0. The first kappa shape index (κ1) is 11.3. The first-order valence-corrected chi connectivity index (χ1v) is 7.22. The summed E-state index contributed by atoms with van der Waals surface area (Å²) in [5, 5.41) is 0. The number of carbonyl (C=O) groups excluding carboxylic acids is 1. The van der Waals surface area contributed by atoms with Gasteiger partial charge < -0.3 is 0 Å². The van der Waals surface area contributed by atoms with Gasteiger partial charge in [0.05, 0.1) is 0 Å². The first-order valence-electron chi connectivity index (χ1n) is 5.06. The van der Waals surface area contributed by atoms with Crippen molar-refractivity contribution in [2.24, 2.45) is 0 Å². The van der Waals surface area contributed by atoms with Crippen molar-refractivity contribution in [3.05, 3.63) is 67.3 Å². The van der Waals surface area contributed by atoms with Crippen molar-refractivity contribution < 1.29 is 26.0 Å². The topological polar surface area (TPSA) is 17.1 Å². The van der Waals surface area contributed by atoms with E-state index < -0.39 is 0 Å². The molecule has 2 aromatic rings. The molecule has 16 heavy (non-hydrogen) atoms. The summed E-state index contributed by atoms with van der Waals surface area (Å²) < 4.78 is 2.67. The van der Waals surface area contributed by atoms with Crippen LogP contribution in [0.3, 0.4) is 0 Å². The van der Waals surface area contributed by atoms with E-state index in [0.29, 0.717) is 0 Å². The Balaban J connectivity index is 2.22. The van der Waals surface area contributed by atoms with E-state index in [1.807, 2.05) is 24.3 Å². The monoisotopic (exact) mass is 323 g/mol. The average molecular weight is 323 g/mol. The minimum Gasteiger partial charge on any atom is -0.295 e. The Morgan fingerprint density at radius 1 is 0.938 bits per heavy atom. The molecule has 0 unspecified atom stereocenters. The second kappa shape index (κ2) is 5.25. The summed E-state index contributed by atoms with van der Waals surface area (Å²) in [6.45, 7) is 1.61. The molecular weight excluding hydrogens is 311 g/mol. The summed E-state index contributed by atoms with van der Waals surface area (Å²) >= 11 is -0.166. The van der Waals surface area contributed by atoms with E-state index in [-0.39, 0.29) is 27.0 Å². The molecule has 0 aromatic heterocycles. The van der Waals surface area contributed by atoms with Crippen LogP contribution in [0.1, 0.15) is 17.3 Å². The number of carbonyl (C=O) groups is 1. The molecule has 2 heteroatoms. The highest BCUT2D eigenvalue weighted by atomic mass is 127. The average Bonchev–Trinajstić information content (AvgIpc) is 2.30. The molecule has 0 fully saturated rings. The number of ketones is 1. The molecule has 0 atom stereocenters. The molecule has 0 saturated carbocycles. The Bertz CT molecular complexity index is 491. The molecule has 0 bridgehead atoms. The Morgan fingerprint density at radius 2 is 1.62 bits per heavy atom. The van der Waals surface area contributed by atoms with E-state index in [0.717, 1.165) is 5.56 Å².